The molecule has 3 aliphatic rings. The Hall–Kier alpha value is -3.03. The maximum atomic E-state index is 13.2. The fourth-order valence-electron chi connectivity index (χ4n) is 5.20. The van der Waals surface area contributed by atoms with Gasteiger partial charge in [-0.15, -0.1) is 0 Å². The minimum Gasteiger partial charge on any atom is -0.336 e. The Bertz CT molecular complexity index is 1130. The summed E-state index contributed by atoms with van der Waals surface area (Å²) in [6.45, 7) is 11.5. The molecule has 2 fully saturated rings. The molecule has 0 aliphatic carbocycles. The molecule has 0 atom stereocenters. The van der Waals surface area contributed by atoms with Crippen molar-refractivity contribution < 1.29 is 14.4 Å². The lowest BCUT2D eigenvalue weighted by Gasteiger charge is -2.35. The van der Waals surface area contributed by atoms with Crippen LogP contribution in [0.15, 0.2) is 36.4 Å². The van der Waals surface area contributed by atoms with Gasteiger partial charge in [0, 0.05) is 44.8 Å². The van der Waals surface area contributed by atoms with E-state index in [4.69, 9.17) is 0 Å². The number of hydrogen-bond acceptors (Lipinski definition) is 5. The van der Waals surface area contributed by atoms with Crippen molar-refractivity contribution in [2.45, 2.75) is 26.7 Å². The van der Waals surface area contributed by atoms with Crippen molar-refractivity contribution in [3.63, 3.8) is 0 Å². The molecule has 2 aromatic carbocycles. The molecule has 3 heterocycles. The van der Waals surface area contributed by atoms with Crippen LogP contribution in [0.3, 0.4) is 0 Å². The average Bonchev–Trinajstić information content (AvgIpc) is 3.46. The summed E-state index contributed by atoms with van der Waals surface area (Å²) in [5, 5.41) is 0. The molecule has 2 aromatic rings. The van der Waals surface area contributed by atoms with E-state index in [9.17, 15) is 14.4 Å². The van der Waals surface area contributed by atoms with E-state index in [0.717, 1.165) is 37.3 Å². The Balaban J connectivity index is 1.26. The van der Waals surface area contributed by atoms with Crippen molar-refractivity contribution in [1.82, 2.24) is 14.7 Å². The molecule has 3 amide bonds. The Kier molecular flexibility index (Phi) is 6.23. The lowest BCUT2D eigenvalue weighted by atomic mass is 10.0. The average molecular weight is 461 g/mol. The zero-order chi connectivity index (χ0) is 23.8. The number of hydrogen-bond donors (Lipinski definition) is 0. The largest absolute Gasteiger partial charge is 0.336 e. The highest BCUT2D eigenvalue weighted by atomic mass is 16.2. The second-order valence-corrected chi connectivity index (χ2v) is 9.68. The summed E-state index contributed by atoms with van der Waals surface area (Å²) >= 11 is 0. The van der Waals surface area contributed by atoms with E-state index in [-0.39, 0.29) is 17.7 Å². The van der Waals surface area contributed by atoms with Crippen molar-refractivity contribution >= 4 is 23.4 Å². The third kappa shape index (κ3) is 4.26. The smallest absolute Gasteiger partial charge is 0.266 e. The van der Waals surface area contributed by atoms with Crippen LogP contribution in [0.1, 0.15) is 55.0 Å². The van der Waals surface area contributed by atoms with Gasteiger partial charge in [0.1, 0.15) is 0 Å². The fourth-order valence-corrected chi connectivity index (χ4v) is 5.20. The monoisotopic (exact) mass is 460 g/mol. The molecule has 7 heteroatoms. The number of imide groups is 1. The number of anilines is 1. The van der Waals surface area contributed by atoms with Crippen LogP contribution in [0.5, 0.6) is 0 Å². The quantitative estimate of drug-likeness (QED) is 0.642. The van der Waals surface area contributed by atoms with Crippen LogP contribution in [-0.4, -0.2) is 84.8 Å². The van der Waals surface area contributed by atoms with Crippen LogP contribution in [-0.2, 0) is 0 Å². The molecule has 5 rings (SSSR count). The Labute approximate surface area is 200 Å². The zero-order valence-electron chi connectivity index (χ0n) is 20.0. The van der Waals surface area contributed by atoms with Crippen molar-refractivity contribution in [3.8, 4) is 0 Å². The van der Waals surface area contributed by atoms with Crippen LogP contribution < -0.4 is 4.90 Å². The van der Waals surface area contributed by atoms with E-state index in [0.29, 0.717) is 35.5 Å². The number of rotatable bonds is 5. The van der Waals surface area contributed by atoms with Gasteiger partial charge in [0.15, 0.2) is 0 Å². The maximum Gasteiger partial charge on any atom is 0.266 e. The van der Waals surface area contributed by atoms with Gasteiger partial charge in [-0.2, -0.15) is 0 Å². The second-order valence-electron chi connectivity index (χ2n) is 9.68. The summed E-state index contributed by atoms with van der Waals surface area (Å²) in [6.07, 6.45) is 2.61. The first-order chi connectivity index (χ1) is 16.4. The van der Waals surface area contributed by atoms with Crippen molar-refractivity contribution in [3.05, 3.63) is 64.2 Å². The lowest BCUT2D eigenvalue weighted by Crippen LogP contribution is -2.50. The summed E-state index contributed by atoms with van der Waals surface area (Å²) in [5.74, 6) is -0.776. The van der Waals surface area contributed by atoms with Crippen LogP contribution >= 0.6 is 0 Å². The number of piperazine rings is 1. The number of aryl methyl sites for hydroxylation is 2. The number of carbonyl (C=O) groups is 3. The van der Waals surface area contributed by atoms with Gasteiger partial charge >= 0.3 is 0 Å². The van der Waals surface area contributed by atoms with Crippen LogP contribution in [0.25, 0.3) is 0 Å². The number of amides is 3. The first kappa shape index (κ1) is 22.7. The summed E-state index contributed by atoms with van der Waals surface area (Å²) < 4.78 is 0. The highest BCUT2D eigenvalue weighted by Gasteiger charge is 2.38. The predicted molar refractivity (Wildman–Crippen MR) is 132 cm³/mol. The molecule has 0 unspecified atom stereocenters. The van der Waals surface area contributed by atoms with Gasteiger partial charge in [-0.1, -0.05) is 12.1 Å². The topological polar surface area (TPSA) is 64.2 Å². The van der Waals surface area contributed by atoms with E-state index in [1.807, 2.05) is 36.9 Å². The van der Waals surface area contributed by atoms with Gasteiger partial charge in [0.2, 0.25) is 0 Å². The van der Waals surface area contributed by atoms with E-state index in [1.165, 1.54) is 30.8 Å². The minimum atomic E-state index is -0.366. The zero-order valence-corrected chi connectivity index (χ0v) is 20.0. The molecule has 178 valence electrons. The Morgan fingerprint density at radius 2 is 1.41 bits per heavy atom. The maximum absolute atomic E-state index is 13.2. The SMILES string of the molecule is Cc1ccc(C)c(N2C(=O)c3ccc(C(=O)N4CCN(CCN5CCCC5)CC4)cc3C2=O)c1. The Morgan fingerprint density at radius 1 is 0.765 bits per heavy atom. The standard InChI is InChI=1S/C27H32N4O3/c1-19-5-6-20(2)24(17-19)31-26(33)22-8-7-21(18-23(22)27(31)34)25(32)30-15-13-29(14-16-30)12-11-28-9-3-4-10-28/h5-8,17-18H,3-4,9-16H2,1-2H3. The molecule has 0 N–H and O–H groups in total. The molecular formula is C27H32N4O3. The molecule has 7 nitrogen and oxygen atoms in total. The third-order valence-corrected chi connectivity index (χ3v) is 7.33. The Morgan fingerprint density at radius 3 is 2.12 bits per heavy atom. The number of benzene rings is 2. The van der Waals surface area contributed by atoms with Gasteiger partial charge < -0.3 is 9.80 Å². The second kappa shape index (κ2) is 9.31. The summed E-state index contributed by atoms with van der Waals surface area (Å²) in [5.41, 5.74) is 3.57. The van der Waals surface area contributed by atoms with E-state index in [2.05, 4.69) is 9.80 Å². The van der Waals surface area contributed by atoms with Crippen LogP contribution in [0, 0.1) is 13.8 Å². The molecule has 2 saturated heterocycles. The van der Waals surface area contributed by atoms with Gasteiger partial charge in [-0.25, -0.2) is 4.90 Å². The van der Waals surface area contributed by atoms with E-state index < -0.39 is 0 Å². The molecule has 0 radical (unpaired) electrons. The fraction of sp³-hybridized carbons (Fsp3) is 0.444. The number of nitrogens with zero attached hydrogens (tertiary/aromatic N) is 4. The summed E-state index contributed by atoms with van der Waals surface area (Å²) in [6, 6.07) is 10.6. The van der Waals surface area contributed by atoms with Gasteiger partial charge in [0.25, 0.3) is 17.7 Å². The highest BCUT2D eigenvalue weighted by molar-refractivity contribution is 6.35. The van der Waals surface area contributed by atoms with Gasteiger partial charge in [0.05, 0.1) is 16.8 Å². The molecule has 0 saturated carbocycles. The number of carbonyl (C=O) groups excluding carboxylic acids is 3. The van der Waals surface area contributed by atoms with E-state index >= 15 is 0 Å². The first-order valence-electron chi connectivity index (χ1n) is 12.3. The molecular weight excluding hydrogens is 428 g/mol. The number of fused-ring (bicyclic) bond motifs is 1. The molecule has 0 aromatic heterocycles. The third-order valence-electron chi connectivity index (χ3n) is 7.33. The molecule has 3 aliphatic heterocycles. The molecule has 34 heavy (non-hydrogen) atoms. The number of likely N-dealkylation sites (tertiary alicyclic amines) is 1. The van der Waals surface area contributed by atoms with Crippen molar-refractivity contribution in [1.29, 1.82) is 0 Å². The van der Waals surface area contributed by atoms with E-state index in [1.54, 1.807) is 18.2 Å². The van der Waals surface area contributed by atoms with Gasteiger partial charge in [-0.3, -0.25) is 19.3 Å². The van der Waals surface area contributed by atoms with Crippen molar-refractivity contribution in [2.24, 2.45) is 0 Å². The summed E-state index contributed by atoms with van der Waals surface area (Å²) in [7, 11) is 0. The highest BCUT2D eigenvalue weighted by Crippen LogP contribution is 2.32. The van der Waals surface area contributed by atoms with Crippen LogP contribution in [0.4, 0.5) is 5.69 Å². The molecule has 0 bridgehead atoms. The lowest BCUT2D eigenvalue weighted by molar-refractivity contribution is 0.0626. The summed E-state index contributed by atoms with van der Waals surface area (Å²) in [4.78, 5) is 47.5. The first-order valence-corrected chi connectivity index (χ1v) is 12.3. The normalized spacial score (nSPS) is 19.2. The molecule has 0 spiro atoms. The van der Waals surface area contributed by atoms with Crippen LogP contribution in [0.2, 0.25) is 0 Å². The van der Waals surface area contributed by atoms with Crippen molar-refractivity contribution in [2.75, 3.05) is 57.3 Å². The minimum absolute atomic E-state index is 0.0765. The predicted octanol–water partition coefficient (Wildman–Crippen LogP) is 2.96. The van der Waals surface area contributed by atoms with Gasteiger partial charge in [-0.05, 0) is 75.2 Å².